The molecule has 0 unspecified atom stereocenters. The molecule has 1 aromatic heterocycles. The molecule has 0 saturated heterocycles. The lowest BCUT2D eigenvalue weighted by Crippen LogP contribution is -2.10. The molecule has 16 heavy (non-hydrogen) atoms. The van der Waals surface area contributed by atoms with Gasteiger partial charge in [0.1, 0.15) is 9.84 Å². The van der Waals surface area contributed by atoms with Crippen molar-refractivity contribution >= 4 is 21.2 Å². The molecule has 94 valence electrons. The molecule has 1 heterocycles. The molecule has 0 amide bonds. The third-order valence-corrected chi connectivity index (χ3v) is 4.49. The average molecular weight is 262 g/mol. The van der Waals surface area contributed by atoms with E-state index in [2.05, 4.69) is 0 Å². The first-order valence-corrected chi connectivity index (χ1v) is 8.56. The van der Waals surface area contributed by atoms with Crippen LogP contribution in [-0.2, 0) is 9.84 Å². The molecule has 0 aliphatic carbocycles. The standard InChI is InChI=1S/C8H18O2S.C4H4S/c1-3-5-7-11(9,10)8-6-4-2;1-2-4-5-3-1/h3-8H2,1-2H3;1-4H. The lowest BCUT2D eigenvalue weighted by Gasteiger charge is -2.00. The van der Waals surface area contributed by atoms with Gasteiger partial charge in [-0.1, -0.05) is 38.8 Å². The molecule has 0 saturated carbocycles. The first-order chi connectivity index (χ1) is 7.62. The van der Waals surface area contributed by atoms with Crippen LogP contribution in [0.15, 0.2) is 22.9 Å². The van der Waals surface area contributed by atoms with Gasteiger partial charge in [-0.15, -0.1) is 0 Å². The van der Waals surface area contributed by atoms with Crippen molar-refractivity contribution in [1.29, 1.82) is 0 Å². The van der Waals surface area contributed by atoms with Crippen LogP contribution in [0.25, 0.3) is 0 Å². The fourth-order valence-corrected chi connectivity index (χ4v) is 3.17. The van der Waals surface area contributed by atoms with E-state index in [9.17, 15) is 8.42 Å². The Bertz CT molecular complexity index is 284. The fraction of sp³-hybridized carbons (Fsp3) is 0.667. The molecule has 0 spiro atoms. The number of thiophene rings is 1. The summed E-state index contributed by atoms with van der Waals surface area (Å²) in [6.45, 7) is 4.02. The van der Waals surface area contributed by atoms with Gasteiger partial charge in [-0.2, -0.15) is 11.3 Å². The van der Waals surface area contributed by atoms with Gasteiger partial charge >= 0.3 is 0 Å². The molecule has 0 atom stereocenters. The van der Waals surface area contributed by atoms with E-state index in [0.717, 1.165) is 25.7 Å². The number of hydrogen-bond donors (Lipinski definition) is 0. The summed E-state index contributed by atoms with van der Waals surface area (Å²) in [5.41, 5.74) is 0. The third kappa shape index (κ3) is 10.2. The van der Waals surface area contributed by atoms with Crippen LogP contribution in [0, 0.1) is 0 Å². The summed E-state index contributed by atoms with van der Waals surface area (Å²) < 4.78 is 22.3. The van der Waals surface area contributed by atoms with Crippen molar-refractivity contribution in [2.75, 3.05) is 11.5 Å². The Kier molecular flexibility index (Phi) is 9.63. The largest absolute Gasteiger partial charge is 0.229 e. The van der Waals surface area contributed by atoms with E-state index in [-0.39, 0.29) is 0 Å². The molecule has 0 bridgehead atoms. The van der Waals surface area contributed by atoms with Crippen LogP contribution in [-0.4, -0.2) is 19.9 Å². The van der Waals surface area contributed by atoms with Gasteiger partial charge in [-0.05, 0) is 23.6 Å². The maximum Gasteiger partial charge on any atom is 0.150 e. The predicted octanol–water partition coefficient (Wildman–Crippen LogP) is 3.75. The van der Waals surface area contributed by atoms with Crippen molar-refractivity contribution in [2.24, 2.45) is 0 Å². The second kappa shape index (κ2) is 9.85. The van der Waals surface area contributed by atoms with Gasteiger partial charge in [-0.3, -0.25) is 0 Å². The Balaban J connectivity index is 0.000000368. The summed E-state index contributed by atoms with van der Waals surface area (Å²) in [6, 6.07) is 4.04. The second-order valence-electron chi connectivity index (χ2n) is 3.65. The van der Waals surface area contributed by atoms with E-state index >= 15 is 0 Å². The predicted molar refractivity (Wildman–Crippen MR) is 72.8 cm³/mol. The molecule has 4 heteroatoms. The van der Waals surface area contributed by atoms with Crippen LogP contribution in [0.2, 0.25) is 0 Å². The van der Waals surface area contributed by atoms with Crippen molar-refractivity contribution in [3.8, 4) is 0 Å². The maximum absolute atomic E-state index is 11.1. The van der Waals surface area contributed by atoms with Gasteiger partial charge in [0, 0.05) is 0 Å². The van der Waals surface area contributed by atoms with Crippen LogP contribution in [0.5, 0.6) is 0 Å². The summed E-state index contributed by atoms with van der Waals surface area (Å²) in [5, 5.41) is 4.08. The van der Waals surface area contributed by atoms with Crippen LogP contribution in [0.1, 0.15) is 39.5 Å². The van der Waals surface area contributed by atoms with Gasteiger partial charge in [0.05, 0.1) is 11.5 Å². The summed E-state index contributed by atoms with van der Waals surface area (Å²) in [6.07, 6.45) is 3.55. The lowest BCUT2D eigenvalue weighted by molar-refractivity contribution is 0.589. The first-order valence-electron chi connectivity index (χ1n) is 5.80. The van der Waals surface area contributed by atoms with Crippen LogP contribution < -0.4 is 0 Å². The Morgan fingerprint density at radius 3 is 1.62 bits per heavy atom. The van der Waals surface area contributed by atoms with Crippen molar-refractivity contribution in [3.05, 3.63) is 22.9 Å². The van der Waals surface area contributed by atoms with Crippen molar-refractivity contribution < 1.29 is 8.42 Å². The van der Waals surface area contributed by atoms with Gasteiger partial charge in [0.15, 0.2) is 0 Å². The van der Waals surface area contributed by atoms with Crippen LogP contribution >= 0.6 is 11.3 Å². The number of rotatable bonds is 6. The SMILES string of the molecule is CCCCS(=O)(=O)CCCC.c1ccsc1. The smallest absolute Gasteiger partial charge is 0.150 e. The van der Waals surface area contributed by atoms with E-state index < -0.39 is 9.84 Å². The molecular weight excluding hydrogens is 240 g/mol. The topological polar surface area (TPSA) is 34.1 Å². The van der Waals surface area contributed by atoms with Crippen LogP contribution in [0.3, 0.4) is 0 Å². The van der Waals surface area contributed by atoms with E-state index in [1.54, 1.807) is 11.3 Å². The summed E-state index contributed by atoms with van der Waals surface area (Å²) in [7, 11) is -2.71. The van der Waals surface area contributed by atoms with Crippen molar-refractivity contribution in [1.82, 2.24) is 0 Å². The highest BCUT2D eigenvalue weighted by Gasteiger charge is 2.07. The molecule has 0 radical (unpaired) electrons. The molecule has 1 aromatic rings. The first kappa shape index (κ1) is 15.7. The Hall–Kier alpha value is -0.350. The molecule has 2 nitrogen and oxygen atoms in total. The van der Waals surface area contributed by atoms with Gasteiger partial charge in [-0.25, -0.2) is 8.42 Å². The Labute approximate surface area is 104 Å². The quantitative estimate of drug-likeness (QED) is 0.782. The highest BCUT2D eigenvalue weighted by molar-refractivity contribution is 7.91. The third-order valence-electron chi connectivity index (χ3n) is 2.04. The average Bonchev–Trinajstić information content (AvgIpc) is 2.82. The molecule has 0 fully saturated rings. The van der Waals surface area contributed by atoms with E-state index in [1.807, 2.05) is 36.7 Å². The number of unbranched alkanes of at least 4 members (excludes halogenated alkanes) is 2. The molecule has 0 N–H and O–H groups in total. The van der Waals surface area contributed by atoms with Gasteiger partial charge in [0.25, 0.3) is 0 Å². The Morgan fingerprint density at radius 1 is 0.938 bits per heavy atom. The Morgan fingerprint density at radius 2 is 1.38 bits per heavy atom. The lowest BCUT2D eigenvalue weighted by atomic mass is 10.4. The minimum atomic E-state index is -2.71. The minimum absolute atomic E-state index is 0.378. The fourth-order valence-electron chi connectivity index (χ4n) is 1.06. The minimum Gasteiger partial charge on any atom is -0.229 e. The maximum atomic E-state index is 11.1. The summed E-state index contributed by atoms with van der Waals surface area (Å²) >= 11 is 1.71. The summed E-state index contributed by atoms with van der Waals surface area (Å²) in [4.78, 5) is 0. The molecule has 1 rings (SSSR count). The van der Waals surface area contributed by atoms with E-state index in [4.69, 9.17) is 0 Å². The van der Waals surface area contributed by atoms with Gasteiger partial charge < -0.3 is 0 Å². The van der Waals surface area contributed by atoms with Crippen molar-refractivity contribution in [2.45, 2.75) is 39.5 Å². The number of sulfone groups is 1. The van der Waals surface area contributed by atoms with Crippen molar-refractivity contribution in [3.63, 3.8) is 0 Å². The highest BCUT2D eigenvalue weighted by Crippen LogP contribution is 2.00. The van der Waals surface area contributed by atoms with Gasteiger partial charge in [0.2, 0.25) is 0 Å². The highest BCUT2D eigenvalue weighted by atomic mass is 32.2. The zero-order valence-electron chi connectivity index (χ0n) is 10.2. The normalized spacial score (nSPS) is 10.6. The zero-order chi connectivity index (χ0) is 12.3. The zero-order valence-corrected chi connectivity index (χ0v) is 11.8. The molecule has 0 aliphatic rings. The monoisotopic (exact) mass is 262 g/mol. The summed E-state index contributed by atoms with van der Waals surface area (Å²) in [5.74, 6) is 0.757. The second-order valence-corrected chi connectivity index (χ2v) is 6.77. The number of hydrogen-bond acceptors (Lipinski definition) is 3. The van der Waals surface area contributed by atoms with Crippen LogP contribution in [0.4, 0.5) is 0 Å². The molecule has 0 aromatic carbocycles. The van der Waals surface area contributed by atoms with E-state index in [0.29, 0.717) is 11.5 Å². The van der Waals surface area contributed by atoms with E-state index in [1.165, 1.54) is 0 Å². The molecule has 0 aliphatic heterocycles. The molecular formula is C12H22O2S2.